The Morgan fingerprint density at radius 3 is 2.69 bits per heavy atom. The molecule has 9 nitrogen and oxygen atoms in total. The van der Waals surface area contributed by atoms with Crippen LogP contribution in [0, 0.1) is 10.1 Å². The van der Waals surface area contributed by atoms with Gasteiger partial charge in [-0.25, -0.2) is 8.42 Å². The van der Waals surface area contributed by atoms with Crippen LogP contribution in [0.3, 0.4) is 0 Å². The second kappa shape index (κ2) is 7.58. The van der Waals surface area contributed by atoms with Gasteiger partial charge in [-0.3, -0.25) is 20.5 Å². The number of aromatic nitrogens is 1. The van der Waals surface area contributed by atoms with Crippen LogP contribution in [0.15, 0.2) is 52.7 Å². The Balaban J connectivity index is 1.85. The minimum absolute atomic E-state index is 0.0899. The van der Waals surface area contributed by atoms with E-state index in [0.29, 0.717) is 13.1 Å². The Bertz CT molecular complexity index is 925. The van der Waals surface area contributed by atoms with Crippen molar-refractivity contribution in [1.29, 1.82) is 0 Å². The van der Waals surface area contributed by atoms with Crippen LogP contribution < -0.4 is 5.43 Å². The number of hydrogen-bond donors (Lipinski definition) is 1. The van der Waals surface area contributed by atoms with Crippen molar-refractivity contribution >= 4 is 27.6 Å². The van der Waals surface area contributed by atoms with E-state index in [-0.39, 0.29) is 16.3 Å². The van der Waals surface area contributed by atoms with E-state index < -0.39 is 14.9 Å². The maximum Gasteiger partial charge on any atom is 0.295 e. The molecular formula is C16H17N5O4S. The van der Waals surface area contributed by atoms with E-state index in [1.807, 2.05) is 0 Å². The summed E-state index contributed by atoms with van der Waals surface area (Å²) in [6.07, 6.45) is 6.26. The Kier molecular flexibility index (Phi) is 5.24. The summed E-state index contributed by atoms with van der Waals surface area (Å²) in [5.41, 5.74) is 3.06. The van der Waals surface area contributed by atoms with Gasteiger partial charge in [-0.2, -0.15) is 9.41 Å². The molecule has 0 atom stereocenters. The number of hydrazone groups is 1. The lowest BCUT2D eigenvalue weighted by atomic mass is 10.3. The second-order valence-electron chi connectivity index (χ2n) is 5.70. The first-order chi connectivity index (χ1) is 12.5. The lowest BCUT2D eigenvalue weighted by Gasteiger charge is -2.15. The molecule has 1 aromatic carbocycles. The monoisotopic (exact) mass is 375 g/mol. The summed E-state index contributed by atoms with van der Waals surface area (Å²) in [5.74, 6) is 0. The normalized spacial score (nSPS) is 15.4. The number of anilines is 1. The summed E-state index contributed by atoms with van der Waals surface area (Å²) in [4.78, 5) is 14.6. The van der Waals surface area contributed by atoms with Crippen molar-refractivity contribution in [3.05, 3.63) is 58.4 Å². The highest BCUT2D eigenvalue weighted by atomic mass is 32.2. The third kappa shape index (κ3) is 3.86. The second-order valence-corrected chi connectivity index (χ2v) is 7.64. The molecule has 0 spiro atoms. The molecule has 0 unspecified atom stereocenters. The fourth-order valence-corrected chi connectivity index (χ4v) is 4.16. The number of nitro groups is 1. The van der Waals surface area contributed by atoms with Crippen molar-refractivity contribution in [2.24, 2.45) is 5.10 Å². The molecular weight excluding hydrogens is 358 g/mol. The molecule has 0 radical (unpaired) electrons. The SMILES string of the molecule is O=[N+]([O-])c1cc(S(=O)(=O)N2CCCC2)ccc1N/N=C\c1cccnc1. The van der Waals surface area contributed by atoms with Crippen LogP contribution >= 0.6 is 0 Å². The molecule has 2 heterocycles. The van der Waals surface area contributed by atoms with Crippen molar-refractivity contribution in [2.75, 3.05) is 18.5 Å². The average molecular weight is 375 g/mol. The molecule has 1 N–H and O–H groups in total. The fraction of sp³-hybridized carbons (Fsp3) is 0.250. The number of nitrogens with zero attached hydrogens (tertiary/aromatic N) is 4. The van der Waals surface area contributed by atoms with E-state index in [9.17, 15) is 18.5 Å². The number of rotatable bonds is 6. The zero-order valence-electron chi connectivity index (χ0n) is 13.8. The van der Waals surface area contributed by atoms with Gasteiger partial charge in [0, 0.05) is 37.1 Å². The van der Waals surface area contributed by atoms with Gasteiger partial charge in [-0.05, 0) is 31.0 Å². The standard InChI is InChI=1S/C16H17N5O4S/c22-21(23)16-10-14(26(24,25)20-8-1-2-9-20)5-6-15(16)19-18-12-13-4-3-7-17-11-13/h3-7,10-12,19H,1-2,8-9H2/b18-12-. The first-order valence-electron chi connectivity index (χ1n) is 7.96. The molecule has 136 valence electrons. The van der Waals surface area contributed by atoms with Crippen LogP contribution in [0.5, 0.6) is 0 Å². The number of nitro benzene ring substituents is 1. The minimum atomic E-state index is -3.72. The zero-order chi connectivity index (χ0) is 18.6. The third-order valence-corrected chi connectivity index (χ3v) is 5.85. The van der Waals surface area contributed by atoms with Gasteiger partial charge in [0.25, 0.3) is 5.69 Å². The summed E-state index contributed by atoms with van der Waals surface area (Å²) in [6, 6.07) is 7.28. The van der Waals surface area contributed by atoms with E-state index in [1.54, 1.807) is 24.5 Å². The number of nitrogens with one attached hydrogen (secondary N) is 1. The molecule has 1 fully saturated rings. The molecule has 1 aliphatic rings. The minimum Gasteiger partial charge on any atom is -0.272 e. The quantitative estimate of drug-likeness (QED) is 0.470. The maximum absolute atomic E-state index is 12.6. The van der Waals surface area contributed by atoms with E-state index in [0.717, 1.165) is 24.5 Å². The Morgan fingerprint density at radius 2 is 2.04 bits per heavy atom. The van der Waals surface area contributed by atoms with Crippen molar-refractivity contribution in [3.63, 3.8) is 0 Å². The first-order valence-corrected chi connectivity index (χ1v) is 9.40. The van der Waals surface area contributed by atoms with Crippen LogP contribution in [0.25, 0.3) is 0 Å². The van der Waals surface area contributed by atoms with Crippen molar-refractivity contribution < 1.29 is 13.3 Å². The molecule has 10 heteroatoms. The molecule has 0 bridgehead atoms. The van der Waals surface area contributed by atoms with Crippen LogP contribution in [-0.4, -0.2) is 41.9 Å². The maximum atomic E-state index is 12.6. The fourth-order valence-electron chi connectivity index (χ4n) is 2.62. The lowest BCUT2D eigenvalue weighted by molar-refractivity contribution is -0.384. The topological polar surface area (TPSA) is 118 Å². The van der Waals surface area contributed by atoms with Gasteiger partial charge < -0.3 is 0 Å². The molecule has 0 saturated carbocycles. The molecule has 3 rings (SSSR count). The Labute approximate surface area is 150 Å². The van der Waals surface area contributed by atoms with Gasteiger partial charge in [-0.15, -0.1) is 0 Å². The highest BCUT2D eigenvalue weighted by Crippen LogP contribution is 2.30. The van der Waals surface area contributed by atoms with Gasteiger partial charge in [0.2, 0.25) is 10.0 Å². The summed E-state index contributed by atoms with van der Waals surface area (Å²) in [5, 5.41) is 15.3. The molecule has 2 aromatic rings. The van der Waals surface area contributed by atoms with Gasteiger partial charge >= 0.3 is 0 Å². The van der Waals surface area contributed by atoms with Crippen LogP contribution in [0.1, 0.15) is 18.4 Å². The Morgan fingerprint density at radius 1 is 1.27 bits per heavy atom. The van der Waals surface area contributed by atoms with Crippen LogP contribution in [0.4, 0.5) is 11.4 Å². The Hall–Kier alpha value is -2.85. The van der Waals surface area contributed by atoms with E-state index in [1.165, 1.54) is 22.7 Å². The van der Waals surface area contributed by atoms with Crippen LogP contribution in [0.2, 0.25) is 0 Å². The van der Waals surface area contributed by atoms with E-state index in [4.69, 9.17) is 0 Å². The highest BCUT2D eigenvalue weighted by Gasteiger charge is 2.29. The van der Waals surface area contributed by atoms with Crippen molar-refractivity contribution in [1.82, 2.24) is 9.29 Å². The van der Waals surface area contributed by atoms with Crippen molar-refractivity contribution in [2.45, 2.75) is 17.7 Å². The van der Waals surface area contributed by atoms with Gasteiger partial charge in [0.05, 0.1) is 16.0 Å². The number of sulfonamides is 1. The summed E-state index contributed by atoms with van der Waals surface area (Å²) < 4.78 is 26.5. The molecule has 1 saturated heterocycles. The molecule has 1 aliphatic heterocycles. The molecule has 0 aliphatic carbocycles. The third-order valence-electron chi connectivity index (χ3n) is 3.95. The number of hydrogen-bond acceptors (Lipinski definition) is 7. The average Bonchev–Trinajstić information content (AvgIpc) is 3.18. The van der Waals surface area contributed by atoms with Gasteiger partial charge in [0.15, 0.2) is 0 Å². The van der Waals surface area contributed by atoms with E-state index >= 15 is 0 Å². The first kappa shape index (κ1) is 18.0. The molecule has 26 heavy (non-hydrogen) atoms. The lowest BCUT2D eigenvalue weighted by Crippen LogP contribution is -2.27. The zero-order valence-corrected chi connectivity index (χ0v) is 14.6. The summed E-state index contributed by atoms with van der Waals surface area (Å²) in [6.45, 7) is 0.872. The van der Waals surface area contributed by atoms with E-state index in [2.05, 4.69) is 15.5 Å². The van der Waals surface area contributed by atoms with Crippen molar-refractivity contribution in [3.8, 4) is 0 Å². The summed E-state index contributed by atoms with van der Waals surface area (Å²) >= 11 is 0. The number of pyridine rings is 1. The van der Waals surface area contributed by atoms with Gasteiger partial charge in [-0.1, -0.05) is 6.07 Å². The number of benzene rings is 1. The van der Waals surface area contributed by atoms with Crippen LogP contribution in [-0.2, 0) is 10.0 Å². The largest absolute Gasteiger partial charge is 0.295 e. The smallest absolute Gasteiger partial charge is 0.272 e. The highest BCUT2D eigenvalue weighted by molar-refractivity contribution is 7.89. The predicted molar refractivity (Wildman–Crippen MR) is 96.5 cm³/mol. The summed E-state index contributed by atoms with van der Waals surface area (Å²) in [7, 11) is -3.72. The molecule has 0 amide bonds. The van der Waals surface area contributed by atoms with Gasteiger partial charge in [0.1, 0.15) is 5.69 Å². The predicted octanol–water partition coefficient (Wildman–Crippen LogP) is 2.22. The molecule has 1 aromatic heterocycles.